The summed E-state index contributed by atoms with van der Waals surface area (Å²) < 4.78 is 0. The molecule has 0 saturated carbocycles. The summed E-state index contributed by atoms with van der Waals surface area (Å²) in [4.78, 5) is 0. The molecule has 4 unspecified atom stereocenters. The van der Waals surface area contributed by atoms with Crippen LogP contribution >= 0.6 is 16.0 Å². The molecule has 0 radical (unpaired) electrons. The zero-order valence-electron chi connectivity index (χ0n) is 24.3. The van der Waals surface area contributed by atoms with Gasteiger partial charge in [-0.15, -0.1) is 0 Å². The summed E-state index contributed by atoms with van der Waals surface area (Å²) in [5.41, 5.74) is 7.62. The molecule has 196 valence electrons. The first-order valence-corrected chi connectivity index (χ1v) is 16.9. The van der Waals surface area contributed by atoms with Crippen molar-refractivity contribution in [1.82, 2.24) is 0 Å². The van der Waals surface area contributed by atoms with Crippen LogP contribution in [0, 0.1) is 0 Å². The molecule has 0 spiro atoms. The zero-order chi connectivity index (χ0) is 26.8. The Balaban J connectivity index is 1.69. The first-order valence-electron chi connectivity index (χ1n) is 13.9. The van der Waals surface area contributed by atoms with Crippen LogP contribution in [-0.2, 0) is 16.2 Å². The van der Waals surface area contributed by atoms with Crippen molar-refractivity contribution >= 4 is 32.3 Å². The maximum absolute atomic E-state index is 4.38. The van der Waals surface area contributed by atoms with Crippen molar-refractivity contribution < 1.29 is 0 Å². The molecule has 1 N–H and O–H groups in total. The Morgan fingerprint density at radius 2 is 1.27 bits per heavy atom. The second kappa shape index (κ2) is 9.50. The zero-order valence-corrected chi connectivity index (χ0v) is 26.1. The van der Waals surface area contributed by atoms with Crippen LogP contribution in [0.2, 0.25) is 0 Å². The van der Waals surface area contributed by atoms with E-state index >= 15 is 0 Å². The van der Waals surface area contributed by atoms with Crippen LogP contribution in [0.4, 0.5) is 5.69 Å². The summed E-state index contributed by atoms with van der Waals surface area (Å²) in [6.45, 7) is 21.4. The fraction of sp³-hybridized carbons (Fsp3) is 0.471. The van der Waals surface area contributed by atoms with E-state index in [1.165, 1.54) is 35.0 Å². The van der Waals surface area contributed by atoms with Gasteiger partial charge in [-0.25, -0.2) is 0 Å². The van der Waals surface area contributed by atoms with E-state index in [1.807, 2.05) is 0 Å². The predicted octanol–water partition coefficient (Wildman–Crippen LogP) is 9.35. The van der Waals surface area contributed by atoms with Crippen LogP contribution in [0.5, 0.6) is 0 Å². The number of benzene rings is 3. The van der Waals surface area contributed by atoms with Crippen LogP contribution in [-0.4, -0.2) is 11.6 Å². The quantitative estimate of drug-likeness (QED) is 0.333. The van der Waals surface area contributed by atoms with Gasteiger partial charge >= 0.3 is 0 Å². The van der Waals surface area contributed by atoms with E-state index in [4.69, 9.17) is 0 Å². The van der Waals surface area contributed by atoms with E-state index in [0.29, 0.717) is 11.3 Å². The number of nitrogens with one attached hydrogen (secondary N) is 1. The highest BCUT2D eigenvalue weighted by Gasteiger charge is 2.49. The van der Waals surface area contributed by atoms with Gasteiger partial charge < -0.3 is 5.09 Å². The Bertz CT molecular complexity index is 1240. The third-order valence-corrected chi connectivity index (χ3v) is 14.7. The molecule has 0 aromatic heterocycles. The average Bonchev–Trinajstić information content (AvgIpc) is 3.37. The Kier molecular flexibility index (Phi) is 6.91. The molecule has 0 amide bonds. The molecule has 2 aliphatic heterocycles. The normalized spacial score (nSPS) is 23.6. The van der Waals surface area contributed by atoms with E-state index < -0.39 is 8.07 Å². The Morgan fingerprint density at radius 1 is 0.703 bits per heavy atom. The molecule has 3 heteroatoms. The van der Waals surface area contributed by atoms with Crippen molar-refractivity contribution in [1.29, 1.82) is 0 Å². The Morgan fingerprint density at radius 3 is 1.84 bits per heavy atom. The van der Waals surface area contributed by atoms with Gasteiger partial charge in [0.15, 0.2) is 0 Å². The van der Waals surface area contributed by atoms with E-state index in [2.05, 4.69) is 134 Å². The minimum absolute atomic E-state index is 0.0530. The lowest BCUT2D eigenvalue weighted by Gasteiger charge is -2.37. The number of fused-ring (bicyclic) bond motifs is 3. The highest BCUT2D eigenvalue weighted by Crippen LogP contribution is 2.71. The van der Waals surface area contributed by atoms with Gasteiger partial charge in [-0.05, 0) is 67.6 Å². The molecule has 3 aromatic carbocycles. The first kappa shape index (κ1) is 26.9. The largest absolute Gasteiger partial charge is 0.359 e. The smallest absolute Gasteiger partial charge is 0.0451 e. The molecule has 3 aromatic rings. The SMILES string of the molecule is CC(C)(C)c1cc(C(C)(C)C)c(NP2c3ccccc3C3CCP(c4ccccc4)C32)c(C(C)(C)C)c1. The van der Waals surface area contributed by atoms with Crippen LogP contribution in [0.3, 0.4) is 0 Å². The molecule has 5 rings (SSSR count). The lowest BCUT2D eigenvalue weighted by molar-refractivity contribution is 0.551. The molecule has 2 aliphatic rings. The molecular weight excluding hydrogens is 484 g/mol. The number of rotatable bonds is 3. The Hall–Kier alpha value is -1.68. The van der Waals surface area contributed by atoms with Crippen LogP contribution in [0.1, 0.15) is 96.9 Å². The molecule has 2 heterocycles. The molecule has 0 aliphatic carbocycles. The molecule has 1 saturated heterocycles. The van der Waals surface area contributed by atoms with E-state index in [-0.39, 0.29) is 24.2 Å². The third-order valence-electron chi connectivity index (χ3n) is 8.16. The summed E-state index contributed by atoms with van der Waals surface area (Å²) in [5.74, 6) is 0.686. The standard InChI is InChI=1S/C34H45NP2/c1-32(2,3)23-21-27(33(4,5)6)30(28(22-23)34(7,8)9)35-37-29-18-14-13-17-25(29)26-19-20-36(31(26)37)24-15-11-10-12-16-24/h10-18,21-22,26,31,35H,19-20H2,1-9H3. The maximum atomic E-state index is 4.38. The topological polar surface area (TPSA) is 12.0 Å². The van der Waals surface area contributed by atoms with Gasteiger partial charge in [-0.2, -0.15) is 0 Å². The van der Waals surface area contributed by atoms with E-state index in [1.54, 1.807) is 16.2 Å². The van der Waals surface area contributed by atoms with Gasteiger partial charge in [0.25, 0.3) is 0 Å². The van der Waals surface area contributed by atoms with Gasteiger partial charge in [0.1, 0.15) is 0 Å². The molecule has 1 nitrogen and oxygen atoms in total. The fourth-order valence-electron chi connectivity index (χ4n) is 6.10. The summed E-state index contributed by atoms with van der Waals surface area (Å²) in [6.07, 6.45) is 2.68. The van der Waals surface area contributed by atoms with Gasteiger partial charge in [-0.1, -0.05) is 137 Å². The van der Waals surface area contributed by atoms with Crippen molar-refractivity contribution in [3.8, 4) is 0 Å². The highest BCUT2D eigenvalue weighted by atomic mass is 31.2. The number of hydrogen-bond acceptors (Lipinski definition) is 1. The highest BCUT2D eigenvalue weighted by molar-refractivity contribution is 7.84. The average molecular weight is 530 g/mol. The van der Waals surface area contributed by atoms with E-state index in [9.17, 15) is 0 Å². The minimum Gasteiger partial charge on any atom is -0.359 e. The first-order chi connectivity index (χ1) is 17.3. The lowest BCUT2D eigenvalue weighted by Crippen LogP contribution is -2.25. The molecular formula is C34H45NP2. The van der Waals surface area contributed by atoms with Crippen molar-refractivity contribution in [2.45, 2.75) is 96.3 Å². The Labute approximate surface area is 228 Å². The summed E-state index contributed by atoms with van der Waals surface area (Å²) in [7, 11) is -0.723. The predicted molar refractivity (Wildman–Crippen MR) is 168 cm³/mol. The third kappa shape index (κ3) is 5.04. The second-order valence-electron chi connectivity index (χ2n) is 14.1. The summed E-state index contributed by atoms with van der Waals surface area (Å²) >= 11 is 0. The van der Waals surface area contributed by atoms with E-state index in [0.717, 1.165) is 0 Å². The monoisotopic (exact) mass is 529 g/mol. The minimum atomic E-state index is -0.526. The second-order valence-corrected chi connectivity index (χ2v) is 18.9. The molecule has 37 heavy (non-hydrogen) atoms. The van der Waals surface area contributed by atoms with Gasteiger partial charge in [-0.3, -0.25) is 0 Å². The van der Waals surface area contributed by atoms with Crippen LogP contribution in [0.15, 0.2) is 66.7 Å². The molecule has 4 atom stereocenters. The van der Waals surface area contributed by atoms with Gasteiger partial charge in [0, 0.05) is 19.2 Å². The van der Waals surface area contributed by atoms with Gasteiger partial charge in [0.05, 0.1) is 0 Å². The van der Waals surface area contributed by atoms with Crippen molar-refractivity contribution in [2.24, 2.45) is 0 Å². The van der Waals surface area contributed by atoms with Crippen molar-refractivity contribution in [3.63, 3.8) is 0 Å². The fourth-order valence-corrected chi connectivity index (χ4v) is 13.6. The van der Waals surface area contributed by atoms with Crippen LogP contribution in [0.25, 0.3) is 0 Å². The number of anilines is 1. The summed E-state index contributed by atoms with van der Waals surface area (Å²) in [6, 6.07) is 25.8. The van der Waals surface area contributed by atoms with Gasteiger partial charge in [0.2, 0.25) is 0 Å². The summed E-state index contributed by atoms with van der Waals surface area (Å²) in [5, 5.41) is 8.26. The molecule has 0 bridgehead atoms. The maximum Gasteiger partial charge on any atom is 0.0451 e. The lowest BCUT2D eigenvalue weighted by atomic mass is 9.74. The number of hydrogen-bond donors (Lipinski definition) is 1. The van der Waals surface area contributed by atoms with Crippen molar-refractivity contribution in [3.05, 3.63) is 89.0 Å². The molecule has 1 fully saturated rings. The van der Waals surface area contributed by atoms with Crippen LogP contribution < -0.4 is 15.7 Å². The van der Waals surface area contributed by atoms with Crippen molar-refractivity contribution in [2.75, 3.05) is 11.2 Å².